The molecule has 0 saturated heterocycles. The molecule has 1 unspecified atom stereocenters. The van der Waals surface area contributed by atoms with Crippen LogP contribution in [0.1, 0.15) is 12.8 Å². The van der Waals surface area contributed by atoms with Crippen LogP contribution in [0, 0.1) is 0 Å². The highest BCUT2D eigenvalue weighted by Gasteiger charge is 2.12. The van der Waals surface area contributed by atoms with Gasteiger partial charge >= 0.3 is 0 Å². The van der Waals surface area contributed by atoms with Crippen LogP contribution in [0.15, 0.2) is 22.7 Å². The van der Waals surface area contributed by atoms with Crippen molar-refractivity contribution in [2.24, 2.45) is 5.73 Å². The third-order valence-electron chi connectivity index (χ3n) is 2.61. The van der Waals surface area contributed by atoms with E-state index < -0.39 is 0 Å². The molecule has 0 spiro atoms. The second-order valence-electron chi connectivity index (χ2n) is 4.26. The fraction of sp³-hybridized carbons (Fsp3) is 0.385. The highest BCUT2D eigenvalue weighted by atomic mass is 35.5. The molecule has 1 atom stereocenters. The Kier molecular flexibility index (Phi) is 5.79. The van der Waals surface area contributed by atoms with Crippen LogP contribution >= 0.6 is 12.4 Å². The summed E-state index contributed by atoms with van der Waals surface area (Å²) in [6.07, 6.45) is 0.556. The van der Waals surface area contributed by atoms with E-state index in [-0.39, 0.29) is 18.4 Å². The number of benzene rings is 1. The van der Waals surface area contributed by atoms with Gasteiger partial charge in [0.2, 0.25) is 11.7 Å². The van der Waals surface area contributed by atoms with Gasteiger partial charge < -0.3 is 19.7 Å². The molecule has 0 aliphatic carbocycles. The molecule has 1 aromatic heterocycles. The first-order valence-corrected chi connectivity index (χ1v) is 5.94. The highest BCUT2D eigenvalue weighted by molar-refractivity contribution is 5.85. The van der Waals surface area contributed by atoms with E-state index >= 15 is 0 Å². The summed E-state index contributed by atoms with van der Waals surface area (Å²) in [6.45, 7) is 1.89. The number of aromatic nitrogens is 2. The van der Waals surface area contributed by atoms with Gasteiger partial charge in [-0.15, -0.1) is 12.4 Å². The Balaban J connectivity index is 0.00000200. The summed E-state index contributed by atoms with van der Waals surface area (Å²) in [4.78, 5) is 4.30. The lowest BCUT2D eigenvalue weighted by Gasteiger charge is -2.07. The summed E-state index contributed by atoms with van der Waals surface area (Å²) < 4.78 is 15.6. The third kappa shape index (κ3) is 3.61. The molecule has 0 amide bonds. The van der Waals surface area contributed by atoms with Crippen LogP contribution in [-0.2, 0) is 6.42 Å². The molecule has 2 aromatic rings. The molecule has 110 valence electrons. The maximum atomic E-state index is 5.69. The van der Waals surface area contributed by atoms with Crippen LogP contribution in [-0.4, -0.2) is 30.4 Å². The van der Waals surface area contributed by atoms with Gasteiger partial charge in [0.25, 0.3) is 0 Å². The quantitative estimate of drug-likeness (QED) is 0.910. The smallest absolute Gasteiger partial charge is 0.228 e. The molecule has 0 bridgehead atoms. The van der Waals surface area contributed by atoms with Crippen LogP contribution in [0.25, 0.3) is 11.4 Å². The van der Waals surface area contributed by atoms with Gasteiger partial charge in [-0.1, -0.05) is 5.16 Å². The largest absolute Gasteiger partial charge is 0.493 e. The van der Waals surface area contributed by atoms with Crippen LogP contribution in [0.5, 0.6) is 11.5 Å². The number of methoxy groups -OCH3 is 2. The summed E-state index contributed by atoms with van der Waals surface area (Å²) in [5.74, 6) is 2.32. The summed E-state index contributed by atoms with van der Waals surface area (Å²) in [5, 5.41) is 3.93. The molecule has 20 heavy (non-hydrogen) atoms. The molecule has 0 aliphatic heterocycles. The highest BCUT2D eigenvalue weighted by Crippen LogP contribution is 2.31. The monoisotopic (exact) mass is 299 g/mol. The maximum Gasteiger partial charge on any atom is 0.228 e. The standard InChI is InChI=1S/C13H17N3O3.ClH/c1-8(14)6-12-15-13(16-19-12)9-4-5-10(17-2)11(7-9)18-3;/h4-5,7-8H,6,14H2,1-3H3;1H. The van der Waals surface area contributed by atoms with Crippen molar-refractivity contribution in [1.29, 1.82) is 0 Å². The average molecular weight is 300 g/mol. The van der Waals surface area contributed by atoms with Crippen molar-refractivity contribution in [3.8, 4) is 22.9 Å². The van der Waals surface area contributed by atoms with Gasteiger partial charge in [-0.2, -0.15) is 4.98 Å². The van der Waals surface area contributed by atoms with Crippen LogP contribution < -0.4 is 15.2 Å². The Labute approximate surface area is 123 Å². The molecule has 6 nitrogen and oxygen atoms in total. The predicted molar refractivity (Wildman–Crippen MR) is 77.4 cm³/mol. The lowest BCUT2D eigenvalue weighted by molar-refractivity contribution is 0.355. The second kappa shape index (κ2) is 7.12. The van der Waals surface area contributed by atoms with E-state index in [1.165, 1.54) is 0 Å². The number of rotatable bonds is 5. The van der Waals surface area contributed by atoms with E-state index in [9.17, 15) is 0 Å². The Morgan fingerprint density at radius 1 is 1.25 bits per heavy atom. The Morgan fingerprint density at radius 2 is 1.95 bits per heavy atom. The summed E-state index contributed by atoms with van der Waals surface area (Å²) in [6, 6.07) is 5.44. The lowest BCUT2D eigenvalue weighted by Crippen LogP contribution is -2.17. The summed E-state index contributed by atoms with van der Waals surface area (Å²) in [5.41, 5.74) is 6.49. The van der Waals surface area contributed by atoms with Gasteiger partial charge in [-0.3, -0.25) is 0 Å². The number of ether oxygens (including phenoxy) is 2. The topological polar surface area (TPSA) is 83.4 Å². The molecular formula is C13H18ClN3O3. The molecule has 2 N–H and O–H groups in total. The first-order chi connectivity index (χ1) is 9.13. The fourth-order valence-corrected chi connectivity index (χ4v) is 1.71. The van der Waals surface area contributed by atoms with Gasteiger partial charge in [0.15, 0.2) is 11.5 Å². The SMILES string of the molecule is COc1ccc(-c2noc(CC(C)N)n2)cc1OC.Cl. The number of hydrogen-bond donors (Lipinski definition) is 1. The molecule has 0 saturated carbocycles. The van der Waals surface area contributed by atoms with Crippen LogP contribution in [0.2, 0.25) is 0 Å². The zero-order valence-electron chi connectivity index (χ0n) is 11.6. The van der Waals surface area contributed by atoms with E-state index in [1.807, 2.05) is 13.0 Å². The Bertz CT molecular complexity index is 558. The first kappa shape index (κ1) is 16.3. The maximum absolute atomic E-state index is 5.69. The molecule has 7 heteroatoms. The summed E-state index contributed by atoms with van der Waals surface area (Å²) >= 11 is 0. The normalized spacial score (nSPS) is 11.6. The zero-order valence-corrected chi connectivity index (χ0v) is 12.4. The van der Waals surface area contributed by atoms with Crippen molar-refractivity contribution in [1.82, 2.24) is 10.1 Å². The molecule has 2 rings (SSSR count). The minimum atomic E-state index is -0.0151. The van der Waals surface area contributed by atoms with Crippen LogP contribution in [0.3, 0.4) is 0 Å². The van der Waals surface area contributed by atoms with E-state index in [0.717, 1.165) is 5.56 Å². The van der Waals surface area contributed by atoms with Crippen molar-refractivity contribution in [2.75, 3.05) is 14.2 Å². The number of halogens is 1. The average Bonchev–Trinajstić information content (AvgIpc) is 2.85. The van der Waals surface area contributed by atoms with E-state index in [1.54, 1.807) is 26.4 Å². The zero-order chi connectivity index (χ0) is 13.8. The minimum absolute atomic E-state index is 0. The number of nitrogens with zero attached hydrogens (tertiary/aromatic N) is 2. The van der Waals surface area contributed by atoms with Crippen molar-refractivity contribution < 1.29 is 14.0 Å². The molecule has 1 heterocycles. The van der Waals surface area contributed by atoms with Crippen molar-refractivity contribution in [3.05, 3.63) is 24.1 Å². The Morgan fingerprint density at radius 3 is 2.55 bits per heavy atom. The first-order valence-electron chi connectivity index (χ1n) is 5.94. The van der Waals surface area contributed by atoms with E-state index in [0.29, 0.717) is 29.6 Å². The summed E-state index contributed by atoms with van der Waals surface area (Å²) in [7, 11) is 3.17. The van der Waals surface area contributed by atoms with Gasteiger partial charge in [-0.05, 0) is 25.1 Å². The molecule has 1 aromatic carbocycles. The van der Waals surface area contributed by atoms with Crippen LogP contribution in [0.4, 0.5) is 0 Å². The van der Waals surface area contributed by atoms with Crippen molar-refractivity contribution in [3.63, 3.8) is 0 Å². The lowest BCUT2D eigenvalue weighted by atomic mass is 10.2. The Hall–Kier alpha value is -1.79. The van der Waals surface area contributed by atoms with Gasteiger partial charge in [0.05, 0.1) is 14.2 Å². The minimum Gasteiger partial charge on any atom is -0.493 e. The number of hydrogen-bond acceptors (Lipinski definition) is 6. The molecular weight excluding hydrogens is 282 g/mol. The van der Waals surface area contributed by atoms with Gasteiger partial charge in [-0.25, -0.2) is 0 Å². The predicted octanol–water partition coefficient (Wildman–Crippen LogP) is 2.07. The molecule has 0 radical (unpaired) electrons. The second-order valence-corrected chi connectivity index (χ2v) is 4.26. The van der Waals surface area contributed by atoms with E-state index in [4.69, 9.17) is 19.7 Å². The molecule has 0 aliphatic rings. The van der Waals surface area contributed by atoms with Gasteiger partial charge in [0, 0.05) is 18.0 Å². The van der Waals surface area contributed by atoms with Crippen molar-refractivity contribution in [2.45, 2.75) is 19.4 Å². The van der Waals surface area contributed by atoms with E-state index in [2.05, 4.69) is 10.1 Å². The molecule has 0 fully saturated rings. The fourth-order valence-electron chi connectivity index (χ4n) is 1.71. The van der Waals surface area contributed by atoms with Crippen molar-refractivity contribution >= 4 is 12.4 Å². The number of nitrogens with two attached hydrogens (primary N) is 1. The third-order valence-corrected chi connectivity index (χ3v) is 2.61. The van der Waals surface area contributed by atoms with Gasteiger partial charge in [0.1, 0.15) is 0 Å².